The van der Waals surface area contributed by atoms with Crippen LogP contribution in [0.15, 0.2) is 504 Å². The fourth-order valence-corrected chi connectivity index (χ4v) is 26.8. The van der Waals surface area contributed by atoms with Gasteiger partial charge in [0.15, 0.2) is 0 Å². The van der Waals surface area contributed by atoms with Crippen molar-refractivity contribution in [2.24, 2.45) is 0 Å². The first-order valence-electron chi connectivity index (χ1n) is 49.4. The third kappa shape index (κ3) is 13.1. The molecule has 0 saturated heterocycles. The molecule has 22 aromatic carbocycles. The Morgan fingerprint density at radius 2 is 0.434 bits per heavy atom. The molecule has 7 nitrogen and oxygen atoms in total. The Kier molecular flexibility index (Phi) is 18.9. The van der Waals surface area contributed by atoms with Crippen LogP contribution in [-0.4, -0.2) is 32.4 Å². The zero-order chi connectivity index (χ0) is 95.0. The summed E-state index contributed by atoms with van der Waals surface area (Å²) in [7, 11) is 0. The maximum Gasteiger partial charge on any atom is 0.0709 e. The van der Waals surface area contributed by atoms with Gasteiger partial charge in [-0.25, -0.2) is 4.98 Å². The molecule has 32 aromatic rings. The van der Waals surface area contributed by atoms with Gasteiger partial charge in [0.1, 0.15) is 0 Å². The van der Waals surface area contributed by atoms with Crippen LogP contribution in [0.25, 0.3) is 281 Å². The smallest absolute Gasteiger partial charge is 0.0709 e. The first-order chi connectivity index (χ1) is 71.9. The Morgan fingerprint density at radius 3 is 0.890 bits per heavy atom. The SMILES string of the molecule is c1ccc(-c2cccc(-c3ccc(-n4c5ccccc5c5cc6c7ccc8sc9ccccc9c8c7n(-c7ccccc7)c6cc54)cc3)n2)cc1.c1ccc(-c2cccc(-n3c4ccccc4c4cc5c6ccc7sc8ccc(-c9ccccc9)cc8c7c6n(-c6ccccc6)c5cc43)c2)cc1.c1ccc(-n2c3cc4c(cc3c3ccc5sc6ccccc6c5c32)c2ccccc2n4-c2ccc3ccccc3c2)cc1. The van der Waals surface area contributed by atoms with Gasteiger partial charge in [0.25, 0.3) is 0 Å². The molecule has 0 aliphatic heterocycles. The van der Waals surface area contributed by atoms with Gasteiger partial charge in [-0.3, -0.25) is 0 Å². The van der Waals surface area contributed by atoms with E-state index in [1.165, 1.54) is 236 Å². The molecule has 10 heterocycles. The van der Waals surface area contributed by atoms with Crippen LogP contribution in [0.4, 0.5) is 0 Å². The van der Waals surface area contributed by atoms with Gasteiger partial charge in [0.05, 0.1) is 77.6 Å². The van der Waals surface area contributed by atoms with Gasteiger partial charge in [0.2, 0.25) is 0 Å². The Hall–Kier alpha value is -18.3. The fourth-order valence-electron chi connectivity index (χ4n) is 23.5. The first kappa shape index (κ1) is 82.6. The number of benzene rings is 22. The van der Waals surface area contributed by atoms with Crippen molar-refractivity contribution in [2.75, 3.05) is 0 Å². The number of hydrogen-bond donors (Lipinski definition) is 0. The van der Waals surface area contributed by atoms with E-state index in [1.807, 2.05) is 40.1 Å². The van der Waals surface area contributed by atoms with E-state index in [4.69, 9.17) is 4.98 Å². The molecule has 676 valence electrons. The van der Waals surface area contributed by atoms with Gasteiger partial charge in [-0.2, -0.15) is 0 Å². The van der Waals surface area contributed by atoms with Crippen molar-refractivity contribution in [3.63, 3.8) is 0 Å². The summed E-state index contributed by atoms with van der Waals surface area (Å²) in [5.41, 5.74) is 30.7. The lowest BCUT2D eigenvalue weighted by Crippen LogP contribution is -1.96. The zero-order valence-electron chi connectivity index (χ0n) is 78.3. The molecule has 0 radical (unpaired) electrons. The minimum atomic E-state index is 0.964. The fraction of sp³-hybridized carbons (Fsp3) is 0. The lowest BCUT2D eigenvalue weighted by Gasteiger charge is -2.12. The number of pyridine rings is 1. The molecular weight excluding hydrogens is 1820 g/mol. The Bertz CT molecular complexity index is 10900. The Labute approximate surface area is 844 Å². The van der Waals surface area contributed by atoms with Gasteiger partial charge in [-0.1, -0.05) is 322 Å². The minimum Gasteiger partial charge on any atom is -0.309 e. The summed E-state index contributed by atoms with van der Waals surface area (Å²) < 4.78 is 22.7. The topological polar surface area (TPSA) is 42.5 Å². The number of thiophene rings is 3. The maximum absolute atomic E-state index is 5.03. The summed E-state index contributed by atoms with van der Waals surface area (Å²) in [5.74, 6) is 0. The Morgan fingerprint density at radius 1 is 0.138 bits per heavy atom. The van der Waals surface area contributed by atoms with Crippen LogP contribution in [0.3, 0.4) is 0 Å². The van der Waals surface area contributed by atoms with Gasteiger partial charge in [-0.15, -0.1) is 34.0 Å². The third-order valence-corrected chi connectivity index (χ3v) is 33.3. The quantitative estimate of drug-likeness (QED) is 0.135. The molecule has 0 saturated carbocycles. The molecule has 0 fully saturated rings. The van der Waals surface area contributed by atoms with E-state index in [0.29, 0.717) is 0 Å². The highest BCUT2D eigenvalue weighted by Gasteiger charge is 2.28. The van der Waals surface area contributed by atoms with Crippen molar-refractivity contribution in [1.29, 1.82) is 0 Å². The second-order valence-corrected chi connectivity index (χ2v) is 41.1. The molecule has 0 N–H and O–H groups in total. The molecule has 0 aliphatic rings. The van der Waals surface area contributed by atoms with Crippen LogP contribution in [0.2, 0.25) is 0 Å². The summed E-state index contributed by atoms with van der Waals surface area (Å²) in [6, 6.07) is 183. The highest BCUT2D eigenvalue weighted by Crippen LogP contribution is 2.52. The predicted octanol–water partition coefficient (Wildman–Crippen LogP) is 38.0. The molecule has 32 rings (SSSR count). The lowest BCUT2D eigenvalue weighted by molar-refractivity contribution is 1.17. The van der Waals surface area contributed by atoms with Gasteiger partial charge >= 0.3 is 0 Å². The van der Waals surface area contributed by atoms with E-state index < -0.39 is 0 Å². The number of para-hydroxylation sites is 6. The standard InChI is InChI=1S/C48H30N2S.C47H29N3S.C40H24N2S/c1-4-13-31(14-5-1)33-17-12-20-36(27-33)49-42-22-11-10-21-37(42)39-29-40-38-24-26-46-47(41-28-34(23-25-45(41)51-46)32-15-6-2-7-16-32)48(38)50(44(40)30-43(39)49)35-18-8-3-9-19-35;1-3-12-30(13-4-1)39-18-11-19-40(48-39)31-22-24-33(25-23-31)49-41-20-9-7-16-34(41)37-28-38-35-26-27-45-46(36-17-8-10-21-44(36)51-45)47(35)50(43(38)29-42(37)49)32-14-5-2-6-15-32;1-2-12-27(13-3-1)42-36-24-35-32(23-33(36)30-20-21-38-39(40(30)42)31-15-7-9-17-37(31)43-38)29-14-6-8-16-34(29)41(35)28-19-18-25-10-4-5-11-26(25)22-28/h1-30H;1-29H;1-24H. The molecule has 10 heteroatoms. The van der Waals surface area contributed by atoms with Crippen LogP contribution in [0.1, 0.15) is 0 Å². The monoisotopic (exact) mass is 1900 g/mol. The van der Waals surface area contributed by atoms with E-state index in [9.17, 15) is 0 Å². The average Bonchev–Trinajstić information content (AvgIpc) is 1.55. The summed E-state index contributed by atoms with van der Waals surface area (Å²) in [5, 5.41) is 25.6. The molecule has 0 amide bonds. The van der Waals surface area contributed by atoms with E-state index in [2.05, 4.69) is 525 Å². The van der Waals surface area contributed by atoms with E-state index in [-0.39, 0.29) is 0 Å². The lowest BCUT2D eigenvalue weighted by atomic mass is 10.0. The summed E-state index contributed by atoms with van der Waals surface area (Å²) in [6.45, 7) is 0. The number of rotatable bonds is 10. The van der Waals surface area contributed by atoms with E-state index in [1.54, 1.807) is 0 Å². The second-order valence-electron chi connectivity index (χ2n) is 37.9. The Balaban J connectivity index is 0.000000101. The van der Waals surface area contributed by atoms with E-state index in [0.717, 1.165) is 45.3 Å². The molecular formula is C135H83N7S3. The van der Waals surface area contributed by atoms with Crippen LogP contribution in [-0.2, 0) is 0 Å². The molecule has 0 bridgehead atoms. The van der Waals surface area contributed by atoms with Crippen molar-refractivity contribution < 1.29 is 0 Å². The summed E-state index contributed by atoms with van der Waals surface area (Å²) >= 11 is 5.64. The highest BCUT2D eigenvalue weighted by atomic mass is 32.1. The summed E-state index contributed by atoms with van der Waals surface area (Å²) in [6.07, 6.45) is 0. The maximum atomic E-state index is 5.03. The zero-order valence-corrected chi connectivity index (χ0v) is 80.7. The molecule has 0 unspecified atom stereocenters. The molecule has 0 aliphatic carbocycles. The largest absolute Gasteiger partial charge is 0.309 e. The van der Waals surface area contributed by atoms with Crippen molar-refractivity contribution in [2.45, 2.75) is 0 Å². The third-order valence-electron chi connectivity index (χ3n) is 29.9. The molecule has 0 atom stereocenters. The number of hydrogen-bond acceptors (Lipinski definition) is 4. The van der Waals surface area contributed by atoms with Gasteiger partial charge < -0.3 is 27.4 Å². The number of aromatic nitrogens is 7. The van der Waals surface area contributed by atoms with Crippen LogP contribution in [0, 0.1) is 0 Å². The van der Waals surface area contributed by atoms with Crippen molar-refractivity contribution in [1.82, 2.24) is 32.4 Å². The molecule has 145 heavy (non-hydrogen) atoms. The molecule has 0 spiro atoms. The second kappa shape index (κ2) is 33.2. The van der Waals surface area contributed by atoms with Crippen LogP contribution < -0.4 is 0 Å². The predicted molar refractivity (Wildman–Crippen MR) is 621 cm³/mol. The highest BCUT2D eigenvalue weighted by molar-refractivity contribution is 7.27. The van der Waals surface area contributed by atoms with Crippen LogP contribution >= 0.6 is 34.0 Å². The molecule has 10 aromatic heterocycles. The van der Waals surface area contributed by atoms with E-state index >= 15 is 0 Å². The van der Waals surface area contributed by atoms with Gasteiger partial charge in [-0.05, 0) is 215 Å². The van der Waals surface area contributed by atoms with Crippen molar-refractivity contribution in [3.8, 4) is 78.9 Å². The van der Waals surface area contributed by atoms with Crippen LogP contribution in [0.5, 0.6) is 0 Å². The van der Waals surface area contributed by atoms with Crippen molar-refractivity contribution >= 4 is 236 Å². The van der Waals surface area contributed by atoms with Crippen molar-refractivity contribution in [3.05, 3.63) is 504 Å². The number of nitrogens with zero attached hydrogens (tertiary/aromatic N) is 7. The minimum absolute atomic E-state index is 0.964. The summed E-state index contributed by atoms with van der Waals surface area (Å²) in [4.78, 5) is 5.03. The average molecular weight is 1900 g/mol. The number of fused-ring (bicyclic) bond motifs is 31. The normalized spacial score (nSPS) is 12.0. The van der Waals surface area contributed by atoms with Gasteiger partial charge in [0, 0.05) is 170 Å². The first-order valence-corrected chi connectivity index (χ1v) is 51.9.